The highest BCUT2D eigenvalue weighted by Crippen LogP contribution is 2.15. The molecule has 2 aromatic rings. The number of ketones is 1. The molecule has 0 aliphatic carbocycles. The Hall–Kier alpha value is -2.15. The Morgan fingerprint density at radius 3 is 2.31 bits per heavy atom. The zero-order chi connectivity index (χ0) is 20.8. The number of nitrogens with zero attached hydrogens (tertiary/aromatic N) is 1. The van der Waals surface area contributed by atoms with Crippen LogP contribution in [0.1, 0.15) is 27.3 Å². The van der Waals surface area contributed by atoms with Crippen LogP contribution in [-0.2, 0) is 17.8 Å². The Morgan fingerprint density at radius 2 is 1.69 bits per heavy atom. The van der Waals surface area contributed by atoms with Crippen LogP contribution in [0.15, 0.2) is 30.3 Å². The van der Waals surface area contributed by atoms with E-state index in [2.05, 4.69) is 23.6 Å². The van der Waals surface area contributed by atoms with E-state index in [1.54, 1.807) is 19.1 Å². The van der Waals surface area contributed by atoms with Crippen LogP contribution in [-0.4, -0.2) is 63.9 Å². The molecule has 2 N–H and O–H groups in total. The van der Waals surface area contributed by atoms with Gasteiger partial charge in [0.05, 0.1) is 13.7 Å². The predicted octanol–water partition coefficient (Wildman–Crippen LogP) is -0.0738. The van der Waals surface area contributed by atoms with Gasteiger partial charge in [-0.05, 0) is 44.2 Å². The number of methoxy groups -OCH3 is 2. The topological polar surface area (TPSA) is 49.3 Å². The van der Waals surface area contributed by atoms with Crippen LogP contribution < -0.4 is 14.5 Å². The Kier molecular flexibility index (Phi) is 7.47. The largest absolute Gasteiger partial charge is 0.497 e. The Labute approximate surface area is 174 Å². The maximum absolute atomic E-state index is 12.9. The fraction of sp³-hybridized carbons (Fsp3) is 0.522. The van der Waals surface area contributed by atoms with Gasteiger partial charge in [-0.1, -0.05) is 0 Å². The summed E-state index contributed by atoms with van der Waals surface area (Å²) in [6, 6.07) is 10.4. The van der Waals surface area contributed by atoms with Crippen LogP contribution >= 0.6 is 0 Å². The molecule has 158 valence electrons. The van der Waals surface area contributed by atoms with Crippen LogP contribution in [0.25, 0.3) is 0 Å². The molecule has 0 amide bonds. The molecule has 0 unspecified atom stereocenters. The standard InChI is InChI=1S/C23H33N3O3/c1-18-15-22(19(2)26(18)13-14-28-3)23(27)17-25-11-9-24(10-12-25)16-20-5-7-21(29-4)8-6-20/h5-8,15H,9-14,16-17H2,1-4H3/p+2. The third-order valence-electron chi connectivity index (χ3n) is 6.08. The van der Waals surface area contributed by atoms with Gasteiger partial charge in [-0.3, -0.25) is 4.79 Å². The zero-order valence-electron chi connectivity index (χ0n) is 18.2. The number of rotatable bonds is 9. The maximum atomic E-state index is 12.9. The number of aryl methyl sites for hydroxylation is 1. The van der Waals surface area contributed by atoms with Crippen molar-refractivity contribution in [3.63, 3.8) is 0 Å². The van der Waals surface area contributed by atoms with E-state index in [0.29, 0.717) is 13.2 Å². The van der Waals surface area contributed by atoms with Crippen LogP contribution in [0.4, 0.5) is 0 Å². The van der Waals surface area contributed by atoms with Gasteiger partial charge in [0.15, 0.2) is 0 Å². The molecule has 0 bridgehead atoms. The minimum Gasteiger partial charge on any atom is -0.497 e. The van der Waals surface area contributed by atoms with Gasteiger partial charge in [-0.15, -0.1) is 0 Å². The highest BCUT2D eigenvalue weighted by Gasteiger charge is 2.26. The number of aromatic nitrogens is 1. The van der Waals surface area contributed by atoms with Gasteiger partial charge < -0.3 is 23.8 Å². The van der Waals surface area contributed by atoms with E-state index in [1.165, 1.54) is 10.5 Å². The first-order valence-electron chi connectivity index (χ1n) is 10.5. The lowest BCUT2D eigenvalue weighted by Gasteiger charge is -2.29. The van der Waals surface area contributed by atoms with E-state index in [1.807, 2.05) is 25.1 Å². The van der Waals surface area contributed by atoms with Crippen molar-refractivity contribution in [3.8, 4) is 5.75 Å². The SMILES string of the molecule is COCCn1c(C)cc(C(=O)C[NH+]2CC[NH+](Cc3ccc(OC)cc3)CC2)c1C. The number of benzene rings is 1. The number of ether oxygens (including phenoxy) is 2. The second kappa shape index (κ2) is 10.1. The summed E-state index contributed by atoms with van der Waals surface area (Å²) in [7, 11) is 3.40. The summed E-state index contributed by atoms with van der Waals surface area (Å²) in [5, 5.41) is 0. The molecular weight excluding hydrogens is 366 g/mol. The monoisotopic (exact) mass is 401 g/mol. The van der Waals surface area contributed by atoms with E-state index in [4.69, 9.17) is 9.47 Å². The van der Waals surface area contributed by atoms with Crippen molar-refractivity contribution < 1.29 is 24.1 Å². The van der Waals surface area contributed by atoms with E-state index in [9.17, 15) is 4.79 Å². The second-order valence-corrected chi connectivity index (χ2v) is 8.05. The Bertz CT molecular complexity index is 806. The molecule has 29 heavy (non-hydrogen) atoms. The van der Waals surface area contributed by atoms with Crippen molar-refractivity contribution in [2.24, 2.45) is 0 Å². The Morgan fingerprint density at radius 1 is 1.03 bits per heavy atom. The summed E-state index contributed by atoms with van der Waals surface area (Å²) < 4.78 is 12.6. The van der Waals surface area contributed by atoms with Crippen LogP contribution in [0.5, 0.6) is 5.75 Å². The molecule has 3 rings (SSSR count). The minimum atomic E-state index is 0.260. The number of hydrogen-bond donors (Lipinski definition) is 2. The molecule has 1 fully saturated rings. The molecule has 0 saturated carbocycles. The lowest BCUT2D eigenvalue weighted by atomic mass is 10.1. The van der Waals surface area contributed by atoms with Crippen molar-refractivity contribution >= 4 is 5.78 Å². The van der Waals surface area contributed by atoms with Crippen molar-refractivity contribution in [1.29, 1.82) is 0 Å². The fourth-order valence-electron chi connectivity index (χ4n) is 4.28. The van der Waals surface area contributed by atoms with Gasteiger partial charge >= 0.3 is 0 Å². The number of carbonyl (C=O) groups is 1. The van der Waals surface area contributed by atoms with E-state index >= 15 is 0 Å². The predicted molar refractivity (Wildman–Crippen MR) is 113 cm³/mol. The summed E-state index contributed by atoms with van der Waals surface area (Å²) in [6.45, 7) is 11.5. The van der Waals surface area contributed by atoms with E-state index < -0.39 is 0 Å². The molecular formula is C23H35N3O3+2. The van der Waals surface area contributed by atoms with E-state index in [0.717, 1.165) is 62.0 Å². The normalized spacial score (nSPS) is 19.3. The molecule has 1 saturated heterocycles. The molecule has 0 radical (unpaired) electrons. The number of piperazine rings is 1. The molecule has 1 aliphatic heterocycles. The van der Waals surface area contributed by atoms with E-state index in [-0.39, 0.29) is 5.78 Å². The van der Waals surface area contributed by atoms with Gasteiger partial charge in [0.1, 0.15) is 45.0 Å². The third kappa shape index (κ3) is 5.47. The van der Waals surface area contributed by atoms with Gasteiger partial charge in [-0.25, -0.2) is 0 Å². The summed E-state index contributed by atoms with van der Waals surface area (Å²) in [5.74, 6) is 1.16. The fourth-order valence-corrected chi connectivity index (χ4v) is 4.28. The lowest BCUT2D eigenvalue weighted by Crippen LogP contribution is -3.27. The maximum Gasteiger partial charge on any atom is 0.218 e. The molecule has 6 heteroatoms. The highest BCUT2D eigenvalue weighted by atomic mass is 16.5. The van der Waals surface area contributed by atoms with Crippen LogP contribution in [0, 0.1) is 13.8 Å². The summed E-state index contributed by atoms with van der Waals surface area (Å²) in [6.07, 6.45) is 0. The van der Waals surface area contributed by atoms with Gasteiger partial charge in [-0.2, -0.15) is 0 Å². The smallest absolute Gasteiger partial charge is 0.218 e. The molecule has 1 aliphatic rings. The highest BCUT2D eigenvalue weighted by molar-refractivity contribution is 5.98. The minimum absolute atomic E-state index is 0.260. The van der Waals surface area contributed by atoms with Gasteiger partial charge in [0.2, 0.25) is 5.78 Å². The molecule has 1 aromatic heterocycles. The van der Waals surface area contributed by atoms with Crippen LogP contribution in [0.3, 0.4) is 0 Å². The molecule has 6 nitrogen and oxygen atoms in total. The van der Waals surface area contributed by atoms with Gasteiger partial charge in [0.25, 0.3) is 0 Å². The van der Waals surface area contributed by atoms with Crippen molar-refractivity contribution in [2.45, 2.75) is 26.9 Å². The summed E-state index contributed by atoms with van der Waals surface area (Å²) in [5.41, 5.74) is 4.40. The average molecular weight is 402 g/mol. The molecule has 2 heterocycles. The Balaban J connectivity index is 1.50. The van der Waals surface area contributed by atoms with Crippen LogP contribution in [0.2, 0.25) is 0 Å². The molecule has 1 aromatic carbocycles. The number of hydrogen-bond acceptors (Lipinski definition) is 3. The quantitative estimate of drug-likeness (QED) is 0.579. The number of carbonyl (C=O) groups excluding carboxylic acids is 1. The molecule has 0 spiro atoms. The first-order chi connectivity index (χ1) is 14.0. The van der Waals surface area contributed by atoms with Crippen molar-refractivity contribution in [3.05, 3.63) is 52.8 Å². The summed E-state index contributed by atoms with van der Waals surface area (Å²) in [4.78, 5) is 15.9. The van der Waals surface area contributed by atoms with Crippen molar-refractivity contribution in [1.82, 2.24) is 4.57 Å². The first kappa shape index (κ1) is 21.6. The summed E-state index contributed by atoms with van der Waals surface area (Å²) >= 11 is 0. The average Bonchev–Trinajstić information content (AvgIpc) is 3.02. The number of Topliss-reactive ketones (excluding diaryl/α,β-unsaturated/α-hetero) is 1. The van der Waals surface area contributed by atoms with Crippen molar-refractivity contribution in [2.75, 3.05) is 53.6 Å². The third-order valence-corrected chi connectivity index (χ3v) is 6.08. The molecule has 0 atom stereocenters. The van der Waals surface area contributed by atoms with Gasteiger partial charge in [0, 0.05) is 36.2 Å². The zero-order valence-corrected chi connectivity index (χ0v) is 18.2. The second-order valence-electron chi connectivity index (χ2n) is 8.05. The first-order valence-corrected chi connectivity index (χ1v) is 10.5. The lowest BCUT2D eigenvalue weighted by molar-refractivity contribution is -1.01. The number of nitrogens with one attached hydrogen (secondary N) is 2. The number of quaternary nitrogens is 2.